The summed E-state index contributed by atoms with van der Waals surface area (Å²) in [5, 5.41) is 0. The van der Waals surface area contributed by atoms with Crippen molar-refractivity contribution in [2.45, 2.75) is 25.9 Å². The van der Waals surface area contributed by atoms with Gasteiger partial charge >= 0.3 is 0 Å². The average molecular weight is 329 g/mol. The number of likely N-dealkylation sites (N-methyl/N-ethyl adjacent to an activating group) is 1. The van der Waals surface area contributed by atoms with E-state index in [-0.39, 0.29) is 11.7 Å². The monoisotopic (exact) mass is 328 g/mol. The topological polar surface area (TPSA) is 23.6 Å². The van der Waals surface area contributed by atoms with Gasteiger partial charge < -0.3 is 4.90 Å². The molecule has 1 aromatic rings. The van der Waals surface area contributed by atoms with Gasteiger partial charge in [-0.1, -0.05) is 6.07 Å². The molecular formula is C14H18BrFN2O. The number of carbonyl (C=O) groups is 1. The number of rotatable bonds is 2. The predicted octanol–water partition coefficient (Wildman–Crippen LogP) is 2.64. The van der Waals surface area contributed by atoms with E-state index in [1.54, 1.807) is 17.0 Å². The average Bonchev–Trinajstić information content (AvgIpc) is 2.35. The van der Waals surface area contributed by atoms with Crippen molar-refractivity contribution in [2.24, 2.45) is 0 Å². The SMILES string of the molecule is CN1CCN(Cc2ccc(F)c(Br)c2)C(C)(C)C1=O. The van der Waals surface area contributed by atoms with E-state index >= 15 is 0 Å². The van der Waals surface area contributed by atoms with Gasteiger partial charge in [-0.25, -0.2) is 4.39 Å². The number of halogens is 2. The minimum atomic E-state index is -0.520. The van der Waals surface area contributed by atoms with Crippen molar-refractivity contribution < 1.29 is 9.18 Å². The lowest BCUT2D eigenvalue weighted by molar-refractivity contribution is -0.147. The van der Waals surface area contributed by atoms with Crippen LogP contribution in [0.4, 0.5) is 4.39 Å². The summed E-state index contributed by atoms with van der Waals surface area (Å²) in [4.78, 5) is 16.1. The Morgan fingerprint density at radius 2 is 2.05 bits per heavy atom. The second-order valence-electron chi connectivity index (χ2n) is 5.46. The van der Waals surface area contributed by atoms with E-state index in [0.717, 1.165) is 18.7 Å². The summed E-state index contributed by atoms with van der Waals surface area (Å²) >= 11 is 3.19. The van der Waals surface area contributed by atoms with Crippen molar-refractivity contribution in [3.8, 4) is 0 Å². The third kappa shape index (κ3) is 2.82. The van der Waals surface area contributed by atoms with Gasteiger partial charge in [0.25, 0.3) is 0 Å². The molecule has 0 N–H and O–H groups in total. The normalized spacial score (nSPS) is 19.8. The molecule has 3 nitrogen and oxygen atoms in total. The molecule has 1 saturated heterocycles. The van der Waals surface area contributed by atoms with E-state index in [9.17, 15) is 9.18 Å². The first-order valence-electron chi connectivity index (χ1n) is 6.27. The molecule has 0 atom stereocenters. The minimum Gasteiger partial charge on any atom is -0.343 e. The summed E-state index contributed by atoms with van der Waals surface area (Å²) in [7, 11) is 1.83. The van der Waals surface area contributed by atoms with Gasteiger partial charge in [0.05, 0.1) is 10.0 Å². The maximum absolute atomic E-state index is 13.2. The Morgan fingerprint density at radius 3 is 2.68 bits per heavy atom. The van der Waals surface area contributed by atoms with Crippen LogP contribution < -0.4 is 0 Å². The van der Waals surface area contributed by atoms with E-state index in [4.69, 9.17) is 0 Å². The van der Waals surface area contributed by atoms with E-state index in [0.29, 0.717) is 11.0 Å². The smallest absolute Gasteiger partial charge is 0.242 e. The van der Waals surface area contributed by atoms with Gasteiger partial charge in [-0.15, -0.1) is 0 Å². The molecule has 0 spiro atoms. The van der Waals surface area contributed by atoms with Crippen molar-refractivity contribution in [1.82, 2.24) is 9.80 Å². The van der Waals surface area contributed by atoms with E-state index < -0.39 is 5.54 Å². The molecule has 5 heteroatoms. The summed E-state index contributed by atoms with van der Waals surface area (Å²) in [6, 6.07) is 4.98. The first kappa shape index (κ1) is 14.5. The molecule has 1 fully saturated rings. The highest BCUT2D eigenvalue weighted by Crippen LogP contribution is 2.25. The summed E-state index contributed by atoms with van der Waals surface area (Å²) in [6.07, 6.45) is 0. The van der Waals surface area contributed by atoms with Crippen LogP contribution in [0.3, 0.4) is 0 Å². The van der Waals surface area contributed by atoms with Gasteiger partial charge in [-0.2, -0.15) is 0 Å². The molecule has 1 aromatic carbocycles. The van der Waals surface area contributed by atoms with Crippen LogP contribution in [0, 0.1) is 5.82 Å². The molecule has 0 aliphatic carbocycles. The van der Waals surface area contributed by atoms with Gasteiger partial charge in [0, 0.05) is 26.7 Å². The Kier molecular flexibility index (Phi) is 3.97. The fourth-order valence-corrected chi connectivity index (χ4v) is 2.82. The van der Waals surface area contributed by atoms with Gasteiger partial charge in [0.15, 0.2) is 0 Å². The van der Waals surface area contributed by atoms with E-state index in [1.165, 1.54) is 6.07 Å². The van der Waals surface area contributed by atoms with Crippen molar-refractivity contribution in [3.63, 3.8) is 0 Å². The Labute approximate surface area is 121 Å². The molecule has 2 rings (SSSR count). The van der Waals surface area contributed by atoms with Crippen LogP contribution in [0.5, 0.6) is 0 Å². The first-order chi connectivity index (χ1) is 8.82. The number of hydrogen-bond donors (Lipinski definition) is 0. The molecule has 0 radical (unpaired) electrons. The van der Waals surface area contributed by atoms with Crippen molar-refractivity contribution in [1.29, 1.82) is 0 Å². The van der Waals surface area contributed by atoms with Crippen LogP contribution in [0.1, 0.15) is 19.4 Å². The van der Waals surface area contributed by atoms with Gasteiger partial charge in [0.2, 0.25) is 5.91 Å². The summed E-state index contributed by atoms with van der Waals surface area (Å²) in [6.45, 7) is 6.06. The Hall–Kier alpha value is -0.940. The van der Waals surface area contributed by atoms with Crippen LogP contribution in [0.15, 0.2) is 22.7 Å². The lowest BCUT2D eigenvalue weighted by atomic mass is 9.97. The maximum Gasteiger partial charge on any atom is 0.242 e. The fourth-order valence-electron chi connectivity index (χ4n) is 2.39. The molecule has 1 amide bonds. The van der Waals surface area contributed by atoms with Crippen molar-refractivity contribution >= 4 is 21.8 Å². The van der Waals surface area contributed by atoms with E-state index in [2.05, 4.69) is 20.8 Å². The standard InChI is InChI=1S/C14H18BrFN2O/c1-14(2)13(19)17(3)6-7-18(14)9-10-4-5-12(16)11(15)8-10/h4-5,8H,6-7,9H2,1-3H3. The number of piperazine rings is 1. The highest BCUT2D eigenvalue weighted by atomic mass is 79.9. The number of amides is 1. The highest BCUT2D eigenvalue weighted by molar-refractivity contribution is 9.10. The number of benzene rings is 1. The lowest BCUT2D eigenvalue weighted by Gasteiger charge is -2.44. The zero-order chi connectivity index (χ0) is 14.2. The number of hydrogen-bond acceptors (Lipinski definition) is 2. The van der Waals surface area contributed by atoms with Crippen molar-refractivity contribution in [2.75, 3.05) is 20.1 Å². The van der Waals surface area contributed by atoms with Gasteiger partial charge in [-0.3, -0.25) is 9.69 Å². The third-order valence-corrected chi connectivity index (χ3v) is 4.33. The zero-order valence-corrected chi connectivity index (χ0v) is 13.0. The molecule has 19 heavy (non-hydrogen) atoms. The minimum absolute atomic E-state index is 0.125. The van der Waals surface area contributed by atoms with Gasteiger partial charge in [0.1, 0.15) is 5.82 Å². The summed E-state index contributed by atoms with van der Waals surface area (Å²) < 4.78 is 13.7. The third-order valence-electron chi connectivity index (χ3n) is 3.72. The Balaban J connectivity index is 2.18. The second kappa shape index (κ2) is 5.21. The fraction of sp³-hybridized carbons (Fsp3) is 0.500. The zero-order valence-electron chi connectivity index (χ0n) is 11.4. The van der Waals surface area contributed by atoms with E-state index in [1.807, 2.05) is 20.9 Å². The van der Waals surface area contributed by atoms with Crippen LogP contribution in [0.2, 0.25) is 0 Å². The molecule has 1 aliphatic heterocycles. The number of carbonyl (C=O) groups excluding carboxylic acids is 1. The van der Waals surface area contributed by atoms with Crippen LogP contribution in [0.25, 0.3) is 0 Å². The maximum atomic E-state index is 13.2. The van der Waals surface area contributed by atoms with Crippen LogP contribution >= 0.6 is 15.9 Å². The van der Waals surface area contributed by atoms with Crippen LogP contribution in [-0.4, -0.2) is 41.4 Å². The molecule has 0 aromatic heterocycles. The molecule has 1 heterocycles. The molecule has 1 aliphatic rings. The Bertz CT molecular complexity index is 504. The molecule has 0 unspecified atom stereocenters. The molecule has 104 valence electrons. The predicted molar refractivity (Wildman–Crippen MR) is 76.2 cm³/mol. The second-order valence-corrected chi connectivity index (χ2v) is 6.31. The Morgan fingerprint density at radius 1 is 1.37 bits per heavy atom. The van der Waals surface area contributed by atoms with Crippen molar-refractivity contribution in [3.05, 3.63) is 34.1 Å². The van der Waals surface area contributed by atoms with Gasteiger partial charge in [-0.05, 0) is 47.5 Å². The quantitative estimate of drug-likeness (QED) is 0.833. The molecule has 0 saturated carbocycles. The lowest BCUT2D eigenvalue weighted by Crippen LogP contribution is -2.61. The summed E-state index contributed by atoms with van der Waals surface area (Å²) in [5.74, 6) is -0.141. The van der Waals surface area contributed by atoms with Crippen LogP contribution in [-0.2, 0) is 11.3 Å². The largest absolute Gasteiger partial charge is 0.343 e. The molecule has 0 bridgehead atoms. The summed E-state index contributed by atoms with van der Waals surface area (Å²) in [5.41, 5.74) is 0.479. The first-order valence-corrected chi connectivity index (χ1v) is 7.06. The molecular weight excluding hydrogens is 311 g/mol. The highest BCUT2D eigenvalue weighted by Gasteiger charge is 2.40. The number of nitrogens with zero attached hydrogens (tertiary/aromatic N) is 2.